The fraction of sp³-hybridized carbons (Fsp3) is 0.417. The fourth-order valence-electron chi connectivity index (χ4n) is 1.59. The lowest BCUT2D eigenvalue weighted by molar-refractivity contribution is 0.167. The van der Waals surface area contributed by atoms with Gasteiger partial charge in [0.2, 0.25) is 0 Å². The lowest BCUT2D eigenvalue weighted by atomic mass is 10.0. The maximum atomic E-state index is 10.5. The van der Waals surface area contributed by atoms with Gasteiger partial charge in [-0.05, 0) is 29.5 Å². The van der Waals surface area contributed by atoms with Crippen molar-refractivity contribution in [1.82, 2.24) is 0 Å². The largest absolute Gasteiger partial charge is 0.449 e. The van der Waals surface area contributed by atoms with Crippen molar-refractivity contribution < 1.29 is 9.53 Å². The van der Waals surface area contributed by atoms with Crippen LogP contribution in [-0.2, 0) is 24.2 Å². The average Bonchev–Trinajstić information content (AvgIpc) is 2.30. The van der Waals surface area contributed by atoms with Crippen LogP contribution < -0.4 is 0 Å². The minimum atomic E-state index is -0.797. The third-order valence-corrected chi connectivity index (χ3v) is 2.84. The van der Waals surface area contributed by atoms with Gasteiger partial charge in [0.05, 0.1) is 0 Å². The first-order valence-corrected chi connectivity index (χ1v) is 6.67. The van der Waals surface area contributed by atoms with Gasteiger partial charge >= 0.3 is 5.43 Å². The third kappa shape index (κ3) is 5.15. The molecule has 0 aromatic heterocycles. The Morgan fingerprint density at radius 2 is 1.76 bits per heavy atom. The van der Waals surface area contributed by atoms with Crippen molar-refractivity contribution in [1.29, 1.82) is 0 Å². The third-order valence-electron chi connectivity index (χ3n) is 2.35. The number of hydrogen-bond donors (Lipinski definition) is 0. The van der Waals surface area contributed by atoms with Crippen molar-refractivity contribution in [3.63, 3.8) is 0 Å². The van der Waals surface area contributed by atoms with Crippen LogP contribution >= 0.6 is 34.8 Å². The van der Waals surface area contributed by atoms with Gasteiger partial charge in [0.25, 0.3) is 0 Å². The first-order valence-electron chi connectivity index (χ1n) is 5.22. The molecule has 0 amide bonds. The summed E-state index contributed by atoms with van der Waals surface area (Å²) in [6.45, 7) is 0.179. The minimum Gasteiger partial charge on any atom is -0.449 e. The highest BCUT2D eigenvalue weighted by atomic mass is 35.5. The molecule has 0 N–H and O–H groups in total. The number of rotatable bonds is 6. The topological polar surface area (TPSA) is 26.3 Å². The van der Waals surface area contributed by atoms with Crippen molar-refractivity contribution in [2.75, 3.05) is 11.8 Å². The van der Waals surface area contributed by atoms with Gasteiger partial charge in [0.1, 0.15) is 6.61 Å². The molecule has 0 unspecified atom stereocenters. The van der Waals surface area contributed by atoms with E-state index in [-0.39, 0.29) is 6.61 Å². The van der Waals surface area contributed by atoms with Gasteiger partial charge in [-0.1, -0.05) is 18.2 Å². The van der Waals surface area contributed by atoms with Crippen LogP contribution in [0.4, 0.5) is 4.79 Å². The zero-order valence-electron chi connectivity index (χ0n) is 9.22. The monoisotopic (exact) mass is 294 g/mol. The van der Waals surface area contributed by atoms with Crippen LogP contribution in [0.15, 0.2) is 18.2 Å². The zero-order valence-corrected chi connectivity index (χ0v) is 11.5. The van der Waals surface area contributed by atoms with Gasteiger partial charge in [-0.3, -0.25) is 0 Å². The molecule has 0 atom stereocenters. The van der Waals surface area contributed by atoms with Gasteiger partial charge in [-0.25, -0.2) is 4.79 Å². The highest BCUT2D eigenvalue weighted by molar-refractivity contribution is 6.61. The van der Waals surface area contributed by atoms with E-state index in [1.54, 1.807) is 0 Å². The molecule has 94 valence electrons. The van der Waals surface area contributed by atoms with Crippen LogP contribution in [0.5, 0.6) is 0 Å². The number of carbonyl (C=O) groups excluding carboxylic acids is 1. The van der Waals surface area contributed by atoms with E-state index in [4.69, 9.17) is 39.5 Å². The molecule has 0 saturated carbocycles. The van der Waals surface area contributed by atoms with Crippen LogP contribution in [0.1, 0.15) is 16.7 Å². The molecule has 0 bridgehead atoms. The summed E-state index contributed by atoms with van der Waals surface area (Å²) in [5.74, 6) is 1.12. The van der Waals surface area contributed by atoms with Gasteiger partial charge < -0.3 is 4.74 Å². The molecule has 0 aliphatic rings. The summed E-state index contributed by atoms with van der Waals surface area (Å²) in [6, 6.07) is 5.87. The molecule has 5 heteroatoms. The highest BCUT2D eigenvalue weighted by Crippen LogP contribution is 2.16. The Bertz CT molecular complexity index is 380. The molecule has 0 heterocycles. The maximum Gasteiger partial charge on any atom is 0.404 e. The summed E-state index contributed by atoms with van der Waals surface area (Å²) in [5, 5.41) is 0. The smallest absolute Gasteiger partial charge is 0.404 e. The Kier molecular flexibility index (Phi) is 6.71. The first-order chi connectivity index (χ1) is 8.17. The van der Waals surface area contributed by atoms with Crippen molar-refractivity contribution in [3.8, 4) is 0 Å². The van der Waals surface area contributed by atoms with E-state index in [0.29, 0.717) is 11.8 Å². The van der Waals surface area contributed by atoms with Crippen molar-refractivity contribution in [2.24, 2.45) is 0 Å². The number of halogens is 3. The van der Waals surface area contributed by atoms with Crippen molar-refractivity contribution in [2.45, 2.75) is 19.4 Å². The first kappa shape index (κ1) is 14.6. The SMILES string of the molecule is O=C(Cl)OCc1ccc(CCCl)c(CCCl)c1. The molecular formula is C12H13Cl3O2. The Hall–Kier alpha value is -0.440. The van der Waals surface area contributed by atoms with Gasteiger partial charge in [-0.15, -0.1) is 23.2 Å². The van der Waals surface area contributed by atoms with E-state index in [0.717, 1.165) is 24.0 Å². The molecule has 0 spiro atoms. The van der Waals surface area contributed by atoms with Crippen LogP contribution in [-0.4, -0.2) is 17.2 Å². The van der Waals surface area contributed by atoms with E-state index in [1.165, 1.54) is 5.56 Å². The summed E-state index contributed by atoms with van der Waals surface area (Å²) >= 11 is 16.6. The summed E-state index contributed by atoms with van der Waals surface area (Å²) < 4.78 is 4.73. The van der Waals surface area contributed by atoms with E-state index in [1.807, 2.05) is 18.2 Å². The van der Waals surface area contributed by atoms with Crippen LogP contribution in [0.25, 0.3) is 0 Å². The van der Waals surface area contributed by atoms with Crippen molar-refractivity contribution >= 4 is 40.2 Å². The standard InChI is InChI=1S/C12H13Cl3O2/c13-5-3-10-2-1-9(8-17-12(15)16)7-11(10)4-6-14/h1-2,7H,3-6,8H2. The normalized spacial score (nSPS) is 10.3. The summed E-state index contributed by atoms with van der Waals surface area (Å²) in [7, 11) is 0. The molecule has 0 radical (unpaired) electrons. The number of aryl methyl sites for hydroxylation is 2. The summed E-state index contributed by atoms with van der Waals surface area (Å²) in [4.78, 5) is 10.5. The van der Waals surface area contributed by atoms with E-state index < -0.39 is 5.43 Å². The summed E-state index contributed by atoms with van der Waals surface area (Å²) in [6.07, 6.45) is 1.58. The second kappa shape index (κ2) is 7.80. The van der Waals surface area contributed by atoms with E-state index in [2.05, 4.69) is 0 Å². The van der Waals surface area contributed by atoms with Crippen LogP contribution in [0, 0.1) is 0 Å². The molecule has 0 aliphatic carbocycles. The maximum absolute atomic E-state index is 10.5. The number of benzene rings is 1. The second-order valence-corrected chi connectivity index (χ2v) is 4.57. The minimum absolute atomic E-state index is 0.179. The molecule has 1 aromatic carbocycles. The molecule has 0 aliphatic heterocycles. The van der Waals surface area contributed by atoms with Gasteiger partial charge in [0, 0.05) is 23.4 Å². The zero-order chi connectivity index (χ0) is 12.7. The highest BCUT2D eigenvalue weighted by Gasteiger charge is 2.05. The van der Waals surface area contributed by atoms with Crippen LogP contribution in [0.3, 0.4) is 0 Å². The lowest BCUT2D eigenvalue weighted by Gasteiger charge is -2.10. The second-order valence-electron chi connectivity index (χ2n) is 3.51. The van der Waals surface area contributed by atoms with Gasteiger partial charge in [-0.2, -0.15) is 0 Å². The fourth-order valence-corrected chi connectivity index (χ4v) is 2.05. The lowest BCUT2D eigenvalue weighted by Crippen LogP contribution is -2.01. The molecule has 0 saturated heterocycles. The Morgan fingerprint density at radius 3 is 2.35 bits per heavy atom. The molecule has 1 aromatic rings. The molecule has 1 rings (SSSR count). The predicted octanol–water partition coefficient (Wildman–Crippen LogP) is 4.12. The van der Waals surface area contributed by atoms with Crippen LogP contribution in [0.2, 0.25) is 0 Å². The van der Waals surface area contributed by atoms with Gasteiger partial charge in [0.15, 0.2) is 0 Å². The summed E-state index contributed by atoms with van der Waals surface area (Å²) in [5.41, 5.74) is 2.43. The molecule has 2 nitrogen and oxygen atoms in total. The number of alkyl halides is 2. The predicted molar refractivity (Wildman–Crippen MR) is 71.3 cm³/mol. The molecule has 17 heavy (non-hydrogen) atoms. The average molecular weight is 296 g/mol. The molecule has 0 fully saturated rings. The Labute approximate surface area is 116 Å². The number of hydrogen-bond acceptors (Lipinski definition) is 2. The Balaban J connectivity index is 2.80. The number of carbonyl (C=O) groups is 1. The van der Waals surface area contributed by atoms with E-state index >= 15 is 0 Å². The van der Waals surface area contributed by atoms with E-state index in [9.17, 15) is 4.79 Å². The quantitative estimate of drug-likeness (QED) is 0.583. The van der Waals surface area contributed by atoms with Crippen molar-refractivity contribution in [3.05, 3.63) is 34.9 Å². The molecular weight excluding hydrogens is 282 g/mol. The Morgan fingerprint density at radius 1 is 1.12 bits per heavy atom. The number of ether oxygens (including phenoxy) is 1.